The quantitative estimate of drug-likeness (QED) is 0.832. The maximum atomic E-state index is 6.17. The first-order valence-electron chi connectivity index (χ1n) is 6.67. The predicted molar refractivity (Wildman–Crippen MR) is 80.5 cm³/mol. The average Bonchev–Trinajstić information content (AvgIpc) is 2.80. The van der Waals surface area contributed by atoms with Gasteiger partial charge in [0.05, 0.1) is 10.0 Å². The van der Waals surface area contributed by atoms with E-state index in [1.165, 1.54) is 25.8 Å². The lowest BCUT2D eigenvalue weighted by Crippen LogP contribution is -2.41. The number of anilines is 1. The van der Waals surface area contributed by atoms with Crippen molar-refractivity contribution in [1.29, 1.82) is 0 Å². The first kappa shape index (κ1) is 13.7. The molecule has 2 aliphatic heterocycles. The van der Waals surface area contributed by atoms with Crippen LogP contribution in [-0.4, -0.2) is 35.1 Å². The van der Waals surface area contributed by atoms with Crippen LogP contribution >= 0.6 is 34.8 Å². The van der Waals surface area contributed by atoms with Crippen molar-refractivity contribution < 1.29 is 0 Å². The number of hydrogen-bond donors (Lipinski definition) is 1. The topological polar surface area (TPSA) is 28.2 Å². The van der Waals surface area contributed by atoms with Crippen LogP contribution in [0.15, 0.2) is 6.07 Å². The number of halogens is 3. The van der Waals surface area contributed by atoms with Gasteiger partial charge in [0.1, 0.15) is 11.0 Å². The molecule has 0 spiro atoms. The van der Waals surface area contributed by atoms with Crippen LogP contribution in [0.5, 0.6) is 0 Å². The number of rotatable bonds is 2. The fourth-order valence-electron chi connectivity index (χ4n) is 3.14. The Labute approximate surface area is 128 Å². The van der Waals surface area contributed by atoms with Gasteiger partial charge in [-0.15, -0.1) is 0 Å². The Hall–Kier alpha value is -0.220. The highest BCUT2D eigenvalue weighted by Gasteiger charge is 2.35. The first-order valence-corrected chi connectivity index (χ1v) is 7.80. The summed E-state index contributed by atoms with van der Waals surface area (Å²) in [5.74, 6) is 0.647. The summed E-state index contributed by atoms with van der Waals surface area (Å²) < 4.78 is 0. The molecular weight excluding hydrogens is 305 g/mol. The molecule has 2 fully saturated rings. The molecule has 0 bridgehead atoms. The minimum Gasteiger partial charge on any atom is -0.364 e. The number of fused-ring (bicyclic) bond motifs is 1. The summed E-state index contributed by atoms with van der Waals surface area (Å²) in [5.41, 5.74) is 0. The minimum absolute atomic E-state index is 0.298. The van der Waals surface area contributed by atoms with Crippen LogP contribution in [0.4, 0.5) is 5.82 Å². The number of nitrogens with zero attached hydrogens (tertiary/aromatic N) is 2. The number of aromatic nitrogens is 1. The van der Waals surface area contributed by atoms with E-state index in [-0.39, 0.29) is 0 Å². The molecule has 0 amide bonds. The van der Waals surface area contributed by atoms with Crippen LogP contribution < -0.4 is 5.32 Å². The molecule has 0 aliphatic carbocycles. The van der Waals surface area contributed by atoms with E-state index in [4.69, 9.17) is 34.8 Å². The normalized spacial score (nSPS) is 27.3. The molecule has 3 heterocycles. The van der Waals surface area contributed by atoms with Crippen LogP contribution in [0.3, 0.4) is 0 Å². The van der Waals surface area contributed by atoms with Gasteiger partial charge in [-0.1, -0.05) is 41.2 Å². The van der Waals surface area contributed by atoms with E-state index in [9.17, 15) is 0 Å². The van der Waals surface area contributed by atoms with Gasteiger partial charge in [-0.25, -0.2) is 4.98 Å². The SMILES string of the molecule is Clc1cc(Cl)c(NC2CCN3CCCCC23)nc1Cl. The molecule has 19 heavy (non-hydrogen) atoms. The second-order valence-corrected chi connectivity index (χ2v) is 6.40. The van der Waals surface area contributed by atoms with Gasteiger partial charge in [0, 0.05) is 18.6 Å². The van der Waals surface area contributed by atoms with Gasteiger partial charge in [-0.3, -0.25) is 4.90 Å². The molecule has 0 radical (unpaired) electrons. The van der Waals surface area contributed by atoms with Crippen molar-refractivity contribution in [3.05, 3.63) is 21.3 Å². The highest BCUT2D eigenvalue weighted by molar-refractivity contribution is 6.42. The summed E-state index contributed by atoms with van der Waals surface area (Å²) >= 11 is 18.0. The van der Waals surface area contributed by atoms with E-state index in [1.54, 1.807) is 6.07 Å². The van der Waals surface area contributed by atoms with Crippen LogP contribution in [0.25, 0.3) is 0 Å². The minimum atomic E-state index is 0.298. The maximum Gasteiger partial charge on any atom is 0.150 e. The molecule has 3 nitrogen and oxygen atoms in total. The second kappa shape index (κ2) is 5.65. The zero-order valence-corrected chi connectivity index (χ0v) is 12.8. The standard InChI is InChI=1S/C13H16Cl3N3/c14-8-7-9(15)13(18-12(8)16)17-10-4-6-19-5-2-1-3-11(10)19/h7,10-11H,1-6H2,(H,17,18). The van der Waals surface area contributed by atoms with Crippen molar-refractivity contribution in [3.63, 3.8) is 0 Å². The summed E-state index contributed by atoms with van der Waals surface area (Å²) in [6.45, 7) is 2.37. The first-order chi connectivity index (χ1) is 9.15. The lowest BCUT2D eigenvalue weighted by molar-refractivity contribution is 0.192. The van der Waals surface area contributed by atoms with E-state index in [0.29, 0.717) is 33.1 Å². The maximum absolute atomic E-state index is 6.17. The van der Waals surface area contributed by atoms with Crippen molar-refractivity contribution in [3.8, 4) is 0 Å². The van der Waals surface area contributed by atoms with Crippen LogP contribution in [0.2, 0.25) is 15.2 Å². The Bertz CT molecular complexity index is 480. The lowest BCUT2D eigenvalue weighted by Gasteiger charge is -2.32. The molecule has 0 aromatic carbocycles. The Kier molecular flexibility index (Phi) is 4.08. The van der Waals surface area contributed by atoms with Gasteiger partial charge >= 0.3 is 0 Å². The monoisotopic (exact) mass is 319 g/mol. The van der Waals surface area contributed by atoms with E-state index in [0.717, 1.165) is 13.0 Å². The molecule has 1 aromatic rings. The summed E-state index contributed by atoms with van der Waals surface area (Å²) in [6, 6.07) is 2.65. The highest BCUT2D eigenvalue weighted by Crippen LogP contribution is 2.33. The predicted octanol–water partition coefficient (Wildman–Crippen LogP) is 4.08. The van der Waals surface area contributed by atoms with Crippen LogP contribution in [0, 0.1) is 0 Å². The van der Waals surface area contributed by atoms with Gasteiger partial charge in [-0.05, 0) is 31.9 Å². The molecule has 2 unspecified atom stereocenters. The van der Waals surface area contributed by atoms with E-state index in [2.05, 4.69) is 15.2 Å². The van der Waals surface area contributed by atoms with Crippen molar-refractivity contribution >= 4 is 40.6 Å². The molecule has 6 heteroatoms. The Balaban J connectivity index is 1.76. The Morgan fingerprint density at radius 2 is 1.95 bits per heavy atom. The van der Waals surface area contributed by atoms with Crippen LogP contribution in [0.1, 0.15) is 25.7 Å². The van der Waals surface area contributed by atoms with E-state index >= 15 is 0 Å². The third-order valence-electron chi connectivity index (χ3n) is 4.06. The molecule has 1 N–H and O–H groups in total. The fourth-order valence-corrected chi connectivity index (χ4v) is 3.69. The smallest absolute Gasteiger partial charge is 0.150 e. The van der Waals surface area contributed by atoms with Gasteiger partial charge in [0.2, 0.25) is 0 Å². The third-order valence-corrected chi connectivity index (χ3v) is 5.03. The zero-order valence-electron chi connectivity index (χ0n) is 10.5. The van der Waals surface area contributed by atoms with E-state index < -0.39 is 0 Å². The number of piperidine rings is 1. The van der Waals surface area contributed by atoms with Gasteiger partial charge < -0.3 is 5.32 Å². The van der Waals surface area contributed by atoms with Crippen molar-refractivity contribution in [1.82, 2.24) is 9.88 Å². The third kappa shape index (κ3) is 2.80. The zero-order chi connectivity index (χ0) is 13.4. The molecular formula is C13H16Cl3N3. The van der Waals surface area contributed by atoms with Crippen molar-refractivity contribution in [2.24, 2.45) is 0 Å². The number of pyridine rings is 1. The van der Waals surface area contributed by atoms with Gasteiger partial charge in [-0.2, -0.15) is 0 Å². The Morgan fingerprint density at radius 1 is 1.11 bits per heavy atom. The summed E-state index contributed by atoms with van der Waals surface area (Å²) in [5, 5.41) is 4.67. The second-order valence-electron chi connectivity index (χ2n) is 5.23. The molecule has 0 saturated carbocycles. The molecule has 2 aliphatic rings. The summed E-state index contributed by atoms with van der Waals surface area (Å²) in [4.78, 5) is 6.81. The lowest BCUT2D eigenvalue weighted by atomic mass is 9.99. The van der Waals surface area contributed by atoms with Gasteiger partial charge in [0.15, 0.2) is 0 Å². The molecule has 2 saturated heterocycles. The van der Waals surface area contributed by atoms with Crippen molar-refractivity contribution in [2.75, 3.05) is 18.4 Å². The summed E-state index contributed by atoms with van der Waals surface area (Å²) in [7, 11) is 0. The molecule has 104 valence electrons. The fraction of sp³-hybridized carbons (Fsp3) is 0.615. The van der Waals surface area contributed by atoms with E-state index in [1.807, 2.05) is 0 Å². The van der Waals surface area contributed by atoms with Crippen molar-refractivity contribution in [2.45, 2.75) is 37.8 Å². The molecule has 3 rings (SSSR count). The average molecular weight is 321 g/mol. The Morgan fingerprint density at radius 3 is 2.79 bits per heavy atom. The van der Waals surface area contributed by atoms with Gasteiger partial charge in [0.25, 0.3) is 0 Å². The van der Waals surface area contributed by atoms with Crippen LogP contribution in [-0.2, 0) is 0 Å². The number of nitrogens with one attached hydrogen (secondary N) is 1. The highest BCUT2D eigenvalue weighted by atomic mass is 35.5. The molecule has 1 aromatic heterocycles. The summed E-state index contributed by atoms with van der Waals surface area (Å²) in [6.07, 6.45) is 5.00. The molecule has 2 atom stereocenters. The largest absolute Gasteiger partial charge is 0.364 e. The number of hydrogen-bond acceptors (Lipinski definition) is 3.